The molecule has 1 saturated heterocycles. The Kier molecular flexibility index (Phi) is 3.59. The van der Waals surface area contributed by atoms with E-state index in [0.717, 1.165) is 18.5 Å². The molecule has 3 N–H and O–H groups in total. The number of rotatable bonds is 3. The lowest BCUT2D eigenvalue weighted by molar-refractivity contribution is -0.0736. The molecule has 1 aliphatic rings. The molecule has 0 aliphatic carbocycles. The lowest BCUT2D eigenvalue weighted by atomic mass is 9.81. The minimum Gasteiger partial charge on any atom is -0.378 e. The van der Waals surface area contributed by atoms with Crippen LogP contribution in [-0.2, 0) is 4.74 Å². The Hall–Kier alpha value is -1.13. The topological polar surface area (TPSA) is 47.3 Å². The smallest absolute Gasteiger partial charge is 0.123 e. The Bertz CT molecular complexity index is 405. The van der Waals surface area contributed by atoms with Gasteiger partial charge in [0.2, 0.25) is 0 Å². The van der Waals surface area contributed by atoms with Crippen molar-refractivity contribution in [2.45, 2.75) is 37.8 Å². The standard InChI is InChI=1S/C14H21FN2O/c1-13(2)9-14(10-16,7-8-18-13)17-12-5-3-11(15)4-6-12/h3-6,17H,7-10,16H2,1-2H3. The molecule has 4 heteroatoms. The molecule has 100 valence electrons. The highest BCUT2D eigenvalue weighted by Crippen LogP contribution is 2.34. The van der Waals surface area contributed by atoms with Crippen LogP contribution in [0.4, 0.5) is 10.1 Å². The molecule has 1 atom stereocenters. The van der Waals surface area contributed by atoms with Crippen LogP contribution in [-0.4, -0.2) is 24.3 Å². The van der Waals surface area contributed by atoms with Gasteiger partial charge in [-0.15, -0.1) is 0 Å². The average Bonchev–Trinajstić information content (AvgIpc) is 2.31. The van der Waals surface area contributed by atoms with Crippen LogP contribution in [0.25, 0.3) is 0 Å². The second kappa shape index (κ2) is 4.86. The summed E-state index contributed by atoms with van der Waals surface area (Å²) in [6, 6.07) is 6.40. The maximum Gasteiger partial charge on any atom is 0.123 e. The van der Waals surface area contributed by atoms with Crippen LogP contribution in [0.3, 0.4) is 0 Å². The van der Waals surface area contributed by atoms with Crippen LogP contribution in [0.1, 0.15) is 26.7 Å². The van der Waals surface area contributed by atoms with E-state index in [9.17, 15) is 4.39 Å². The zero-order valence-electron chi connectivity index (χ0n) is 11.0. The fraction of sp³-hybridized carbons (Fsp3) is 0.571. The number of nitrogens with two attached hydrogens (primary N) is 1. The average molecular weight is 252 g/mol. The number of ether oxygens (including phenoxy) is 1. The molecule has 1 fully saturated rings. The number of anilines is 1. The Morgan fingerprint density at radius 3 is 2.56 bits per heavy atom. The van der Waals surface area contributed by atoms with Crippen molar-refractivity contribution in [3.63, 3.8) is 0 Å². The second-order valence-corrected chi connectivity index (χ2v) is 5.65. The number of hydrogen-bond donors (Lipinski definition) is 2. The first-order valence-electron chi connectivity index (χ1n) is 6.33. The molecule has 1 aromatic rings. The predicted molar refractivity (Wildman–Crippen MR) is 71.1 cm³/mol. The minimum absolute atomic E-state index is 0.167. The van der Waals surface area contributed by atoms with Gasteiger partial charge in [0.25, 0.3) is 0 Å². The quantitative estimate of drug-likeness (QED) is 0.869. The fourth-order valence-electron chi connectivity index (χ4n) is 2.65. The molecule has 0 aromatic heterocycles. The molecule has 0 saturated carbocycles. The van der Waals surface area contributed by atoms with Gasteiger partial charge in [-0.05, 0) is 44.5 Å². The number of hydrogen-bond acceptors (Lipinski definition) is 3. The largest absolute Gasteiger partial charge is 0.378 e. The van der Waals surface area contributed by atoms with Crippen molar-refractivity contribution in [1.82, 2.24) is 0 Å². The lowest BCUT2D eigenvalue weighted by Crippen LogP contribution is -2.55. The Balaban J connectivity index is 2.15. The highest BCUT2D eigenvalue weighted by Gasteiger charge is 2.39. The van der Waals surface area contributed by atoms with Crippen molar-refractivity contribution in [3.8, 4) is 0 Å². The van der Waals surface area contributed by atoms with Crippen molar-refractivity contribution in [2.24, 2.45) is 5.73 Å². The molecule has 1 heterocycles. The van der Waals surface area contributed by atoms with Gasteiger partial charge in [0, 0.05) is 25.3 Å². The van der Waals surface area contributed by atoms with E-state index in [1.807, 2.05) is 0 Å². The fourth-order valence-corrected chi connectivity index (χ4v) is 2.65. The van der Waals surface area contributed by atoms with Gasteiger partial charge in [-0.3, -0.25) is 0 Å². The molecule has 3 nitrogen and oxygen atoms in total. The van der Waals surface area contributed by atoms with E-state index in [4.69, 9.17) is 10.5 Å². The zero-order valence-corrected chi connectivity index (χ0v) is 11.0. The van der Waals surface area contributed by atoms with Gasteiger partial charge in [0.15, 0.2) is 0 Å². The summed E-state index contributed by atoms with van der Waals surface area (Å²) in [6.07, 6.45) is 1.71. The SMILES string of the molecule is CC1(C)CC(CN)(Nc2ccc(F)cc2)CCO1. The second-order valence-electron chi connectivity index (χ2n) is 5.65. The predicted octanol–water partition coefficient (Wildman–Crippen LogP) is 2.52. The van der Waals surface area contributed by atoms with E-state index in [1.165, 1.54) is 12.1 Å². The Morgan fingerprint density at radius 2 is 2.00 bits per heavy atom. The van der Waals surface area contributed by atoms with Crippen LogP contribution >= 0.6 is 0 Å². The summed E-state index contributed by atoms with van der Waals surface area (Å²) in [6.45, 7) is 5.38. The third-order valence-corrected chi connectivity index (χ3v) is 3.48. The first-order valence-corrected chi connectivity index (χ1v) is 6.33. The van der Waals surface area contributed by atoms with Gasteiger partial charge in [0.05, 0.1) is 11.1 Å². The van der Waals surface area contributed by atoms with E-state index >= 15 is 0 Å². The number of halogens is 1. The van der Waals surface area contributed by atoms with Crippen molar-refractivity contribution in [2.75, 3.05) is 18.5 Å². The van der Waals surface area contributed by atoms with E-state index in [0.29, 0.717) is 13.2 Å². The summed E-state index contributed by atoms with van der Waals surface area (Å²) in [5.41, 5.74) is 6.50. The molecule has 2 rings (SSSR count). The first-order chi connectivity index (χ1) is 8.45. The van der Waals surface area contributed by atoms with Crippen molar-refractivity contribution < 1.29 is 9.13 Å². The highest BCUT2D eigenvalue weighted by atomic mass is 19.1. The van der Waals surface area contributed by atoms with E-state index in [-0.39, 0.29) is 17.0 Å². The molecular weight excluding hydrogens is 231 g/mol. The van der Waals surface area contributed by atoms with Crippen LogP contribution in [0.5, 0.6) is 0 Å². The molecule has 0 amide bonds. The first kappa shape index (κ1) is 13.3. The molecule has 1 aromatic carbocycles. The monoisotopic (exact) mass is 252 g/mol. The molecule has 18 heavy (non-hydrogen) atoms. The normalized spacial score (nSPS) is 26.9. The van der Waals surface area contributed by atoms with Crippen LogP contribution < -0.4 is 11.1 Å². The summed E-state index contributed by atoms with van der Waals surface area (Å²) in [4.78, 5) is 0. The summed E-state index contributed by atoms with van der Waals surface area (Å²) in [7, 11) is 0. The van der Waals surface area contributed by atoms with Crippen LogP contribution in [0.2, 0.25) is 0 Å². The van der Waals surface area contributed by atoms with Gasteiger partial charge >= 0.3 is 0 Å². The van der Waals surface area contributed by atoms with Gasteiger partial charge in [-0.1, -0.05) is 0 Å². The summed E-state index contributed by atoms with van der Waals surface area (Å²) < 4.78 is 18.6. The third kappa shape index (κ3) is 3.00. The van der Waals surface area contributed by atoms with Gasteiger partial charge < -0.3 is 15.8 Å². The van der Waals surface area contributed by atoms with E-state index < -0.39 is 0 Å². The maximum absolute atomic E-state index is 12.9. The summed E-state index contributed by atoms with van der Waals surface area (Å²) in [5.74, 6) is -0.227. The molecule has 1 aliphatic heterocycles. The molecular formula is C14H21FN2O. The Labute approximate surface area is 108 Å². The third-order valence-electron chi connectivity index (χ3n) is 3.48. The van der Waals surface area contributed by atoms with Crippen LogP contribution in [0, 0.1) is 5.82 Å². The molecule has 0 spiro atoms. The number of benzene rings is 1. The van der Waals surface area contributed by atoms with Crippen molar-refractivity contribution >= 4 is 5.69 Å². The molecule has 0 radical (unpaired) electrons. The van der Waals surface area contributed by atoms with E-state index in [1.54, 1.807) is 12.1 Å². The van der Waals surface area contributed by atoms with Crippen LogP contribution in [0.15, 0.2) is 24.3 Å². The van der Waals surface area contributed by atoms with Crippen molar-refractivity contribution in [3.05, 3.63) is 30.1 Å². The minimum atomic E-state index is -0.227. The molecule has 0 bridgehead atoms. The lowest BCUT2D eigenvalue weighted by Gasteiger charge is -2.45. The van der Waals surface area contributed by atoms with Gasteiger partial charge in [-0.2, -0.15) is 0 Å². The van der Waals surface area contributed by atoms with Gasteiger partial charge in [0.1, 0.15) is 5.82 Å². The van der Waals surface area contributed by atoms with Gasteiger partial charge in [-0.25, -0.2) is 4.39 Å². The Morgan fingerprint density at radius 1 is 1.33 bits per heavy atom. The van der Waals surface area contributed by atoms with E-state index in [2.05, 4.69) is 19.2 Å². The molecule has 1 unspecified atom stereocenters. The zero-order chi connectivity index (χ0) is 13.2. The number of nitrogens with one attached hydrogen (secondary N) is 1. The summed E-state index contributed by atoms with van der Waals surface area (Å²) in [5, 5.41) is 3.46. The van der Waals surface area contributed by atoms with Crippen molar-refractivity contribution in [1.29, 1.82) is 0 Å². The maximum atomic E-state index is 12.9. The summed E-state index contributed by atoms with van der Waals surface area (Å²) >= 11 is 0. The highest BCUT2D eigenvalue weighted by molar-refractivity contribution is 5.46.